The molecule has 1 rings (SSSR count). The van der Waals surface area contributed by atoms with Crippen LogP contribution in [-0.2, 0) is 10.0 Å². The first-order valence-corrected chi connectivity index (χ1v) is 7.59. The number of nitrogens with one attached hydrogen (secondary N) is 1. The topological polar surface area (TPSA) is 59.1 Å². The van der Waals surface area contributed by atoms with Gasteiger partial charge in [-0.25, -0.2) is 13.1 Å². The molecule has 0 saturated heterocycles. The Bertz CT molecular complexity index is 436. The van der Waals surface area contributed by atoms with Crippen molar-refractivity contribution >= 4 is 21.6 Å². The van der Waals surface area contributed by atoms with Crippen LogP contribution in [0.1, 0.15) is 25.5 Å². The van der Waals surface area contributed by atoms with Crippen molar-refractivity contribution in [3.8, 4) is 0 Å². The van der Waals surface area contributed by atoms with Gasteiger partial charge in [0.2, 0.25) is 10.0 Å². The second-order valence-corrected chi connectivity index (χ2v) is 6.27. The molecule has 0 amide bonds. The minimum absolute atomic E-state index is 0.0475. The first-order chi connectivity index (χ1) is 7.94. The van der Waals surface area contributed by atoms with Gasteiger partial charge < -0.3 is 0 Å². The molecule has 0 aliphatic rings. The van der Waals surface area contributed by atoms with E-state index in [2.05, 4.69) is 9.71 Å². The summed E-state index contributed by atoms with van der Waals surface area (Å²) >= 11 is 5.61. The third-order valence-electron chi connectivity index (χ3n) is 2.33. The minimum Gasteiger partial charge on any atom is -0.265 e. The number of rotatable bonds is 6. The fourth-order valence-electron chi connectivity index (χ4n) is 1.46. The van der Waals surface area contributed by atoms with Crippen LogP contribution in [0.15, 0.2) is 24.5 Å². The lowest BCUT2D eigenvalue weighted by atomic mass is 10.1. The lowest BCUT2D eigenvalue weighted by Crippen LogP contribution is -2.31. The van der Waals surface area contributed by atoms with Gasteiger partial charge in [0.1, 0.15) is 0 Å². The second-order valence-electron chi connectivity index (χ2n) is 4.16. The van der Waals surface area contributed by atoms with Crippen molar-refractivity contribution in [1.82, 2.24) is 9.71 Å². The minimum atomic E-state index is -3.30. The van der Waals surface area contributed by atoms with Gasteiger partial charge in [-0.1, -0.05) is 6.92 Å². The SMILES string of the molecule is CC(CCl)CS(=O)(=O)N[C@@H](C)c1ccncc1. The molecule has 4 nitrogen and oxygen atoms in total. The number of halogens is 1. The highest BCUT2D eigenvalue weighted by Crippen LogP contribution is 2.13. The van der Waals surface area contributed by atoms with Gasteiger partial charge in [-0.2, -0.15) is 0 Å². The van der Waals surface area contributed by atoms with Crippen molar-refractivity contribution in [1.29, 1.82) is 0 Å². The number of pyridine rings is 1. The van der Waals surface area contributed by atoms with E-state index < -0.39 is 10.0 Å². The summed E-state index contributed by atoms with van der Waals surface area (Å²) < 4.78 is 26.2. The molecule has 1 N–H and O–H groups in total. The fraction of sp³-hybridized carbons (Fsp3) is 0.545. The highest BCUT2D eigenvalue weighted by molar-refractivity contribution is 7.89. The van der Waals surface area contributed by atoms with E-state index in [1.54, 1.807) is 31.5 Å². The Morgan fingerprint density at radius 3 is 2.47 bits per heavy atom. The predicted molar refractivity (Wildman–Crippen MR) is 69.5 cm³/mol. The molecule has 0 spiro atoms. The Hall–Kier alpha value is -0.650. The van der Waals surface area contributed by atoms with E-state index in [-0.39, 0.29) is 17.7 Å². The predicted octanol–water partition coefficient (Wildman–Crippen LogP) is 1.94. The maximum absolute atomic E-state index is 11.8. The number of hydrogen-bond acceptors (Lipinski definition) is 3. The fourth-order valence-corrected chi connectivity index (χ4v) is 3.33. The van der Waals surface area contributed by atoms with Crippen LogP contribution >= 0.6 is 11.6 Å². The quantitative estimate of drug-likeness (QED) is 0.808. The molecule has 0 fully saturated rings. The Labute approximate surface area is 107 Å². The second kappa shape index (κ2) is 6.33. The zero-order chi connectivity index (χ0) is 12.9. The maximum atomic E-state index is 11.8. The third-order valence-corrected chi connectivity index (χ3v) is 4.58. The van der Waals surface area contributed by atoms with Gasteiger partial charge in [0.25, 0.3) is 0 Å². The van der Waals surface area contributed by atoms with Crippen LogP contribution in [0.5, 0.6) is 0 Å². The summed E-state index contributed by atoms with van der Waals surface area (Å²) in [5, 5.41) is 0. The van der Waals surface area contributed by atoms with Gasteiger partial charge in [-0.15, -0.1) is 11.6 Å². The molecule has 96 valence electrons. The smallest absolute Gasteiger partial charge is 0.212 e. The monoisotopic (exact) mass is 276 g/mol. The molecule has 0 aliphatic carbocycles. The summed E-state index contributed by atoms with van der Waals surface area (Å²) in [6.45, 7) is 3.61. The molecule has 1 unspecified atom stereocenters. The molecule has 0 aromatic carbocycles. The van der Waals surface area contributed by atoms with E-state index >= 15 is 0 Å². The van der Waals surface area contributed by atoms with Crippen LogP contribution in [-0.4, -0.2) is 25.0 Å². The van der Waals surface area contributed by atoms with Gasteiger partial charge in [-0.3, -0.25) is 4.98 Å². The Balaban J connectivity index is 2.65. The van der Waals surface area contributed by atoms with Crippen LogP contribution in [0.4, 0.5) is 0 Å². The first kappa shape index (κ1) is 14.4. The van der Waals surface area contributed by atoms with Gasteiger partial charge >= 0.3 is 0 Å². The van der Waals surface area contributed by atoms with Crippen molar-refractivity contribution in [2.24, 2.45) is 5.92 Å². The molecule has 0 radical (unpaired) electrons. The van der Waals surface area contributed by atoms with Crippen molar-refractivity contribution in [3.05, 3.63) is 30.1 Å². The number of nitrogens with zero attached hydrogens (tertiary/aromatic N) is 1. The van der Waals surface area contributed by atoms with Gasteiger partial charge in [-0.05, 0) is 30.5 Å². The van der Waals surface area contributed by atoms with E-state index in [9.17, 15) is 8.42 Å². The van der Waals surface area contributed by atoms with E-state index in [1.807, 2.05) is 6.92 Å². The molecular formula is C11H17ClN2O2S. The molecule has 0 saturated carbocycles. The number of sulfonamides is 1. The Kier molecular flexibility index (Phi) is 5.36. The van der Waals surface area contributed by atoms with Crippen LogP contribution in [0.25, 0.3) is 0 Å². The molecule has 17 heavy (non-hydrogen) atoms. The molecule has 1 heterocycles. The Morgan fingerprint density at radius 1 is 1.35 bits per heavy atom. The number of hydrogen-bond donors (Lipinski definition) is 1. The third kappa shape index (κ3) is 5.02. The Morgan fingerprint density at radius 2 is 1.94 bits per heavy atom. The van der Waals surface area contributed by atoms with Crippen LogP contribution < -0.4 is 4.72 Å². The van der Waals surface area contributed by atoms with Crippen molar-refractivity contribution in [3.63, 3.8) is 0 Å². The summed E-state index contributed by atoms with van der Waals surface area (Å²) in [6.07, 6.45) is 3.28. The first-order valence-electron chi connectivity index (χ1n) is 5.40. The highest BCUT2D eigenvalue weighted by atomic mass is 35.5. The number of alkyl halides is 1. The van der Waals surface area contributed by atoms with Crippen LogP contribution in [0, 0.1) is 5.92 Å². The molecule has 6 heteroatoms. The summed E-state index contributed by atoms with van der Waals surface area (Å²) in [4.78, 5) is 3.89. The van der Waals surface area contributed by atoms with Crippen molar-refractivity contribution < 1.29 is 8.42 Å². The standard InChI is InChI=1S/C11H17ClN2O2S/c1-9(7-12)8-17(15,16)14-10(2)11-3-5-13-6-4-11/h3-6,9-10,14H,7-8H2,1-2H3/t9?,10-/m0/s1. The van der Waals surface area contributed by atoms with Crippen molar-refractivity contribution in [2.45, 2.75) is 19.9 Å². The van der Waals surface area contributed by atoms with E-state index in [4.69, 9.17) is 11.6 Å². The van der Waals surface area contributed by atoms with Gasteiger partial charge in [0.05, 0.1) is 5.75 Å². The van der Waals surface area contributed by atoms with E-state index in [1.165, 1.54) is 0 Å². The lowest BCUT2D eigenvalue weighted by molar-refractivity contribution is 0.555. The van der Waals surface area contributed by atoms with Gasteiger partial charge in [0, 0.05) is 24.3 Å². The van der Waals surface area contributed by atoms with E-state index in [0.717, 1.165) is 5.56 Å². The molecule has 0 bridgehead atoms. The maximum Gasteiger partial charge on any atom is 0.212 e. The summed E-state index contributed by atoms with van der Waals surface area (Å²) in [6, 6.07) is 3.32. The largest absolute Gasteiger partial charge is 0.265 e. The normalized spacial score (nSPS) is 15.5. The van der Waals surface area contributed by atoms with Crippen LogP contribution in [0.2, 0.25) is 0 Å². The van der Waals surface area contributed by atoms with E-state index in [0.29, 0.717) is 5.88 Å². The highest BCUT2D eigenvalue weighted by Gasteiger charge is 2.18. The zero-order valence-electron chi connectivity index (χ0n) is 9.93. The molecular weight excluding hydrogens is 260 g/mol. The molecule has 2 atom stereocenters. The molecule has 1 aromatic heterocycles. The van der Waals surface area contributed by atoms with Gasteiger partial charge in [0.15, 0.2) is 0 Å². The molecule has 0 aliphatic heterocycles. The van der Waals surface area contributed by atoms with Crippen LogP contribution in [0.3, 0.4) is 0 Å². The summed E-state index contributed by atoms with van der Waals surface area (Å²) in [5.41, 5.74) is 0.891. The zero-order valence-corrected chi connectivity index (χ0v) is 11.5. The summed E-state index contributed by atoms with van der Waals surface area (Å²) in [7, 11) is -3.30. The average molecular weight is 277 g/mol. The lowest BCUT2D eigenvalue weighted by Gasteiger charge is -2.16. The average Bonchev–Trinajstić information content (AvgIpc) is 2.28. The van der Waals surface area contributed by atoms with Crippen molar-refractivity contribution in [2.75, 3.05) is 11.6 Å². The summed E-state index contributed by atoms with van der Waals surface area (Å²) in [5.74, 6) is 0.329. The molecule has 1 aromatic rings. The number of aromatic nitrogens is 1.